The first-order valence-electron chi connectivity index (χ1n) is 8.15. The van der Waals surface area contributed by atoms with Crippen LogP contribution in [0.25, 0.3) is 11.1 Å². The molecule has 126 valence electrons. The molecular weight excluding hydrogens is 312 g/mol. The third-order valence-corrected chi connectivity index (χ3v) is 4.01. The SMILES string of the molecule is COc1cccc(C)c1NC(=O)C[n+]1cccc(-c2ccccc2)c1. The number of amides is 1. The minimum atomic E-state index is -0.0946. The van der Waals surface area contributed by atoms with Crippen molar-refractivity contribution in [2.24, 2.45) is 0 Å². The van der Waals surface area contributed by atoms with Gasteiger partial charge in [0.2, 0.25) is 6.54 Å². The zero-order valence-electron chi connectivity index (χ0n) is 14.4. The van der Waals surface area contributed by atoms with E-state index in [4.69, 9.17) is 4.74 Å². The van der Waals surface area contributed by atoms with Crippen LogP contribution >= 0.6 is 0 Å². The highest BCUT2D eigenvalue weighted by molar-refractivity contribution is 5.92. The Hall–Kier alpha value is -3.14. The number of aryl methyl sites for hydroxylation is 1. The average molecular weight is 333 g/mol. The molecule has 0 saturated heterocycles. The predicted octanol–water partition coefficient (Wildman–Crippen LogP) is 3.60. The molecule has 3 aromatic rings. The van der Waals surface area contributed by atoms with E-state index in [9.17, 15) is 4.79 Å². The zero-order chi connectivity index (χ0) is 17.6. The second kappa shape index (κ2) is 7.62. The molecule has 0 radical (unpaired) electrons. The standard InChI is InChI=1S/C21H20N2O2/c1-16-8-6-12-19(25-2)21(16)22-20(24)15-23-13-7-11-18(14-23)17-9-4-3-5-10-17/h3-14H,15H2,1-2H3/p+1. The third kappa shape index (κ3) is 4.04. The second-order valence-electron chi connectivity index (χ2n) is 5.83. The summed E-state index contributed by atoms with van der Waals surface area (Å²) in [5, 5.41) is 2.95. The normalized spacial score (nSPS) is 10.3. The van der Waals surface area contributed by atoms with Gasteiger partial charge >= 0.3 is 0 Å². The minimum absolute atomic E-state index is 0.0946. The lowest BCUT2D eigenvalue weighted by molar-refractivity contribution is -0.683. The van der Waals surface area contributed by atoms with E-state index in [1.54, 1.807) is 7.11 Å². The summed E-state index contributed by atoms with van der Waals surface area (Å²) in [7, 11) is 1.60. The molecule has 0 aliphatic rings. The molecule has 0 fully saturated rings. The predicted molar refractivity (Wildman–Crippen MR) is 98.4 cm³/mol. The van der Waals surface area contributed by atoms with Crippen LogP contribution < -0.4 is 14.6 Å². The number of nitrogens with one attached hydrogen (secondary N) is 1. The highest BCUT2D eigenvalue weighted by Crippen LogP contribution is 2.27. The van der Waals surface area contributed by atoms with Crippen molar-refractivity contribution in [1.29, 1.82) is 0 Å². The van der Waals surface area contributed by atoms with Crippen LogP contribution in [0.1, 0.15) is 5.56 Å². The van der Waals surface area contributed by atoms with Gasteiger partial charge in [0, 0.05) is 11.6 Å². The van der Waals surface area contributed by atoms with Gasteiger partial charge in [0.25, 0.3) is 5.91 Å². The summed E-state index contributed by atoms with van der Waals surface area (Å²) in [6.07, 6.45) is 3.87. The lowest BCUT2D eigenvalue weighted by atomic mass is 10.1. The number of ether oxygens (including phenoxy) is 1. The molecule has 0 aliphatic heterocycles. The number of carbonyl (C=O) groups excluding carboxylic acids is 1. The number of para-hydroxylation sites is 1. The van der Waals surface area contributed by atoms with Crippen LogP contribution in [-0.2, 0) is 11.3 Å². The fraction of sp³-hybridized carbons (Fsp3) is 0.143. The van der Waals surface area contributed by atoms with Crippen molar-refractivity contribution in [3.63, 3.8) is 0 Å². The number of nitrogens with zero attached hydrogens (tertiary/aromatic N) is 1. The van der Waals surface area contributed by atoms with Crippen molar-refractivity contribution in [3.05, 3.63) is 78.6 Å². The Morgan fingerprint density at radius 2 is 1.76 bits per heavy atom. The Labute approximate surface area is 147 Å². The molecule has 1 amide bonds. The van der Waals surface area contributed by atoms with Crippen LogP contribution in [0.15, 0.2) is 73.1 Å². The topological polar surface area (TPSA) is 42.2 Å². The van der Waals surface area contributed by atoms with Crippen LogP contribution in [-0.4, -0.2) is 13.0 Å². The number of rotatable bonds is 5. The first-order chi connectivity index (χ1) is 12.2. The van der Waals surface area contributed by atoms with E-state index >= 15 is 0 Å². The Balaban J connectivity index is 1.76. The highest BCUT2D eigenvalue weighted by Gasteiger charge is 2.14. The molecule has 0 unspecified atom stereocenters. The highest BCUT2D eigenvalue weighted by atomic mass is 16.5. The van der Waals surface area contributed by atoms with Crippen LogP contribution in [0.5, 0.6) is 5.75 Å². The second-order valence-corrected chi connectivity index (χ2v) is 5.83. The van der Waals surface area contributed by atoms with Crippen molar-refractivity contribution >= 4 is 11.6 Å². The van der Waals surface area contributed by atoms with E-state index in [0.717, 1.165) is 22.4 Å². The van der Waals surface area contributed by atoms with Gasteiger partial charge in [0.1, 0.15) is 5.75 Å². The van der Waals surface area contributed by atoms with Crippen LogP contribution in [0, 0.1) is 6.92 Å². The Bertz CT molecular complexity index is 876. The molecule has 4 heteroatoms. The molecule has 1 heterocycles. The molecule has 25 heavy (non-hydrogen) atoms. The summed E-state index contributed by atoms with van der Waals surface area (Å²) in [6.45, 7) is 2.18. The zero-order valence-corrected chi connectivity index (χ0v) is 14.4. The Morgan fingerprint density at radius 1 is 1.00 bits per heavy atom. The Kier molecular flexibility index (Phi) is 5.09. The summed E-state index contributed by atoms with van der Waals surface area (Å²) < 4.78 is 7.21. The molecule has 0 spiro atoms. The molecule has 2 aromatic carbocycles. The van der Waals surface area contributed by atoms with Gasteiger partial charge < -0.3 is 10.1 Å². The summed E-state index contributed by atoms with van der Waals surface area (Å²) >= 11 is 0. The monoisotopic (exact) mass is 333 g/mol. The van der Waals surface area contributed by atoms with Gasteiger partial charge in [-0.2, -0.15) is 4.57 Å². The maximum absolute atomic E-state index is 12.5. The van der Waals surface area contributed by atoms with Gasteiger partial charge in [0.05, 0.1) is 12.8 Å². The number of methoxy groups -OCH3 is 1. The van der Waals surface area contributed by atoms with E-state index in [0.29, 0.717) is 5.75 Å². The van der Waals surface area contributed by atoms with Crippen molar-refractivity contribution in [2.45, 2.75) is 13.5 Å². The van der Waals surface area contributed by atoms with Gasteiger partial charge in [-0.25, -0.2) is 0 Å². The minimum Gasteiger partial charge on any atom is -0.495 e. The first kappa shape index (κ1) is 16.7. The lowest BCUT2D eigenvalue weighted by Crippen LogP contribution is -2.39. The molecule has 0 atom stereocenters. The molecule has 0 aliphatic carbocycles. The third-order valence-electron chi connectivity index (χ3n) is 4.01. The first-order valence-corrected chi connectivity index (χ1v) is 8.15. The number of aromatic nitrogens is 1. The fourth-order valence-corrected chi connectivity index (χ4v) is 2.74. The van der Waals surface area contributed by atoms with Crippen molar-refractivity contribution < 1.29 is 14.1 Å². The lowest BCUT2D eigenvalue weighted by Gasteiger charge is -2.11. The van der Waals surface area contributed by atoms with E-state index in [-0.39, 0.29) is 12.5 Å². The number of anilines is 1. The van der Waals surface area contributed by atoms with Gasteiger partial charge in [-0.3, -0.25) is 4.79 Å². The maximum Gasteiger partial charge on any atom is 0.290 e. The van der Waals surface area contributed by atoms with Crippen molar-refractivity contribution in [2.75, 3.05) is 12.4 Å². The maximum atomic E-state index is 12.5. The van der Waals surface area contributed by atoms with Crippen molar-refractivity contribution in [1.82, 2.24) is 0 Å². The van der Waals surface area contributed by atoms with Crippen LogP contribution in [0.4, 0.5) is 5.69 Å². The van der Waals surface area contributed by atoms with Gasteiger partial charge in [-0.05, 0) is 30.2 Å². The molecule has 0 saturated carbocycles. The number of benzene rings is 2. The largest absolute Gasteiger partial charge is 0.495 e. The number of carbonyl (C=O) groups is 1. The summed E-state index contributed by atoms with van der Waals surface area (Å²) in [5.74, 6) is 0.569. The van der Waals surface area contributed by atoms with Gasteiger partial charge in [-0.1, -0.05) is 42.5 Å². The quantitative estimate of drug-likeness (QED) is 0.725. The molecular formula is C21H21N2O2+. The number of pyridine rings is 1. The summed E-state index contributed by atoms with van der Waals surface area (Å²) in [5.41, 5.74) is 3.88. The number of hydrogen-bond acceptors (Lipinski definition) is 2. The molecule has 3 rings (SSSR count). The molecule has 1 aromatic heterocycles. The molecule has 0 bridgehead atoms. The number of hydrogen-bond donors (Lipinski definition) is 1. The van der Waals surface area contributed by atoms with E-state index in [1.165, 1.54) is 0 Å². The van der Waals surface area contributed by atoms with Gasteiger partial charge in [0.15, 0.2) is 12.4 Å². The van der Waals surface area contributed by atoms with E-state index in [1.807, 2.05) is 72.4 Å². The van der Waals surface area contributed by atoms with Gasteiger partial charge in [-0.15, -0.1) is 0 Å². The Morgan fingerprint density at radius 3 is 2.52 bits per heavy atom. The molecule has 4 nitrogen and oxygen atoms in total. The smallest absolute Gasteiger partial charge is 0.290 e. The molecule has 1 N–H and O–H groups in total. The average Bonchev–Trinajstić information content (AvgIpc) is 2.64. The van der Waals surface area contributed by atoms with E-state index in [2.05, 4.69) is 17.4 Å². The fourth-order valence-electron chi connectivity index (χ4n) is 2.74. The van der Waals surface area contributed by atoms with Crippen LogP contribution in [0.3, 0.4) is 0 Å². The van der Waals surface area contributed by atoms with Crippen LogP contribution in [0.2, 0.25) is 0 Å². The summed E-state index contributed by atoms with van der Waals surface area (Å²) in [4.78, 5) is 12.5. The van der Waals surface area contributed by atoms with Crippen molar-refractivity contribution in [3.8, 4) is 16.9 Å². The summed E-state index contributed by atoms with van der Waals surface area (Å²) in [6, 6.07) is 19.8. The van der Waals surface area contributed by atoms with E-state index < -0.39 is 0 Å².